The summed E-state index contributed by atoms with van der Waals surface area (Å²) in [5.41, 5.74) is 0.510. The van der Waals surface area contributed by atoms with E-state index in [0.717, 1.165) is 4.31 Å². The summed E-state index contributed by atoms with van der Waals surface area (Å²) in [6, 6.07) is 16.2. The topological polar surface area (TPSA) is 105 Å². The normalized spacial score (nSPS) is 12.6. The number of nitrogens with zero attached hydrogens (tertiary/aromatic N) is 2. The number of halogens is 2. The molecule has 0 aromatic heterocycles. The summed E-state index contributed by atoms with van der Waals surface area (Å²) in [6.45, 7) is 4.55. The molecule has 0 spiro atoms. The fourth-order valence-corrected chi connectivity index (χ4v) is 6.08. The molecule has 0 unspecified atom stereocenters. The summed E-state index contributed by atoms with van der Waals surface area (Å²) in [7, 11) is -1.46. The van der Waals surface area contributed by atoms with Gasteiger partial charge in [0.15, 0.2) is 0 Å². The summed E-state index contributed by atoms with van der Waals surface area (Å²) in [4.78, 5) is 28.6. The second kappa shape index (κ2) is 14.6. The van der Waals surface area contributed by atoms with Crippen molar-refractivity contribution in [2.24, 2.45) is 0 Å². The maximum Gasteiger partial charge on any atom is 0.264 e. The van der Waals surface area contributed by atoms with Gasteiger partial charge in [0, 0.05) is 34.3 Å². The highest BCUT2D eigenvalue weighted by molar-refractivity contribution is 7.92. The third kappa shape index (κ3) is 7.67. The molecule has 0 saturated carbocycles. The van der Waals surface area contributed by atoms with Gasteiger partial charge in [-0.15, -0.1) is 0 Å². The standard InChI is InChI=1S/C30H35Cl2N3O6S/c1-6-20(2)33-30(37)21(3)34(18-24-25(31)13-10-14-26(24)32)29(36)19-35(42(38,39)23-11-8-7-9-12-23)27-17-22(40-4)15-16-28(27)41-5/h7-17,20-21H,6,18-19H2,1-5H3,(H,33,37)/t20-,21+/m1/s1. The van der Waals surface area contributed by atoms with Gasteiger partial charge in [-0.2, -0.15) is 0 Å². The van der Waals surface area contributed by atoms with Gasteiger partial charge in [0.05, 0.1) is 24.8 Å². The Morgan fingerprint density at radius 3 is 2.14 bits per heavy atom. The number of anilines is 1. The van der Waals surface area contributed by atoms with Crippen molar-refractivity contribution in [2.45, 2.75) is 50.7 Å². The minimum atomic E-state index is -4.30. The number of ether oxygens (including phenoxy) is 2. The molecule has 0 bridgehead atoms. The molecule has 0 aliphatic carbocycles. The van der Waals surface area contributed by atoms with Crippen LogP contribution in [-0.4, -0.2) is 58.0 Å². The Labute approximate surface area is 257 Å². The van der Waals surface area contributed by atoms with E-state index in [-0.39, 0.29) is 28.9 Å². The van der Waals surface area contributed by atoms with Gasteiger partial charge >= 0.3 is 0 Å². The van der Waals surface area contributed by atoms with Gasteiger partial charge in [0.1, 0.15) is 24.1 Å². The predicted octanol–water partition coefficient (Wildman–Crippen LogP) is 5.54. The van der Waals surface area contributed by atoms with Gasteiger partial charge in [0.25, 0.3) is 10.0 Å². The number of carbonyl (C=O) groups is 2. The highest BCUT2D eigenvalue weighted by Crippen LogP contribution is 2.36. The maximum atomic E-state index is 14.2. The van der Waals surface area contributed by atoms with Crippen LogP contribution < -0.4 is 19.1 Å². The Kier molecular flexibility index (Phi) is 11.5. The number of nitrogens with one attached hydrogen (secondary N) is 1. The maximum absolute atomic E-state index is 14.2. The van der Waals surface area contributed by atoms with Crippen molar-refractivity contribution >= 4 is 50.7 Å². The molecule has 0 aliphatic heterocycles. The summed E-state index contributed by atoms with van der Waals surface area (Å²) < 4.78 is 39.9. The Bertz CT molecular complexity index is 1480. The number of rotatable bonds is 13. The molecule has 2 amide bonds. The van der Waals surface area contributed by atoms with E-state index in [0.29, 0.717) is 27.8 Å². The minimum absolute atomic E-state index is 0.0362. The molecule has 12 heteroatoms. The molecule has 0 heterocycles. The van der Waals surface area contributed by atoms with E-state index < -0.39 is 34.4 Å². The van der Waals surface area contributed by atoms with Crippen molar-refractivity contribution in [2.75, 3.05) is 25.1 Å². The van der Waals surface area contributed by atoms with Crippen molar-refractivity contribution in [3.8, 4) is 11.5 Å². The summed E-state index contributed by atoms with van der Waals surface area (Å²) in [5.74, 6) is -0.515. The van der Waals surface area contributed by atoms with Gasteiger partial charge in [-0.05, 0) is 56.7 Å². The van der Waals surface area contributed by atoms with Crippen LogP contribution in [0.4, 0.5) is 5.69 Å². The van der Waals surface area contributed by atoms with Crippen molar-refractivity contribution in [1.82, 2.24) is 10.2 Å². The molecule has 9 nitrogen and oxygen atoms in total. The number of methoxy groups -OCH3 is 2. The molecule has 0 radical (unpaired) electrons. The largest absolute Gasteiger partial charge is 0.497 e. The van der Waals surface area contributed by atoms with E-state index >= 15 is 0 Å². The lowest BCUT2D eigenvalue weighted by Crippen LogP contribution is -2.52. The average Bonchev–Trinajstić information content (AvgIpc) is 2.99. The van der Waals surface area contributed by atoms with Crippen molar-refractivity contribution in [1.29, 1.82) is 0 Å². The first kappa shape index (κ1) is 33.0. The zero-order valence-corrected chi connectivity index (χ0v) is 26.5. The first-order chi connectivity index (χ1) is 19.9. The second-order valence-electron chi connectivity index (χ2n) is 9.58. The smallest absolute Gasteiger partial charge is 0.264 e. The van der Waals surface area contributed by atoms with Crippen molar-refractivity contribution in [3.63, 3.8) is 0 Å². The lowest BCUT2D eigenvalue weighted by molar-refractivity contribution is -0.139. The van der Waals surface area contributed by atoms with Crippen LogP contribution >= 0.6 is 23.2 Å². The zero-order valence-electron chi connectivity index (χ0n) is 24.1. The van der Waals surface area contributed by atoms with Crippen molar-refractivity contribution in [3.05, 3.63) is 82.3 Å². The van der Waals surface area contributed by atoms with Crippen LogP contribution in [0.5, 0.6) is 11.5 Å². The van der Waals surface area contributed by atoms with Gasteiger partial charge in [-0.3, -0.25) is 13.9 Å². The van der Waals surface area contributed by atoms with Crippen LogP contribution in [0.15, 0.2) is 71.6 Å². The molecule has 1 N–H and O–H groups in total. The molecule has 226 valence electrons. The lowest BCUT2D eigenvalue weighted by atomic mass is 10.1. The summed E-state index contributed by atoms with van der Waals surface area (Å²) in [5, 5.41) is 3.49. The van der Waals surface area contributed by atoms with E-state index in [1.54, 1.807) is 55.5 Å². The number of hydrogen-bond acceptors (Lipinski definition) is 6. The highest BCUT2D eigenvalue weighted by Gasteiger charge is 2.34. The van der Waals surface area contributed by atoms with Crippen molar-refractivity contribution < 1.29 is 27.5 Å². The van der Waals surface area contributed by atoms with Gasteiger partial charge in [-0.25, -0.2) is 8.42 Å². The first-order valence-corrected chi connectivity index (χ1v) is 15.5. The van der Waals surface area contributed by atoms with E-state index in [1.165, 1.54) is 37.3 Å². The minimum Gasteiger partial charge on any atom is -0.497 e. The molecule has 3 aromatic rings. The molecular formula is C30H35Cl2N3O6S. The average molecular weight is 637 g/mol. The summed E-state index contributed by atoms with van der Waals surface area (Å²) in [6.07, 6.45) is 0.682. The van der Waals surface area contributed by atoms with E-state index in [2.05, 4.69) is 5.32 Å². The number of sulfonamides is 1. The molecule has 42 heavy (non-hydrogen) atoms. The monoisotopic (exact) mass is 635 g/mol. The van der Waals surface area contributed by atoms with Crippen LogP contribution in [0.1, 0.15) is 32.8 Å². The van der Waals surface area contributed by atoms with Crippen LogP contribution in [-0.2, 0) is 26.2 Å². The lowest BCUT2D eigenvalue weighted by Gasteiger charge is -2.33. The van der Waals surface area contributed by atoms with Gasteiger partial charge < -0.3 is 19.7 Å². The third-order valence-corrected chi connectivity index (χ3v) is 9.31. The fraction of sp³-hybridized carbons (Fsp3) is 0.333. The van der Waals surface area contributed by atoms with E-state index in [4.69, 9.17) is 32.7 Å². The number of amides is 2. The first-order valence-electron chi connectivity index (χ1n) is 13.3. The Balaban J connectivity index is 2.14. The van der Waals surface area contributed by atoms with Crippen LogP contribution in [0.2, 0.25) is 10.0 Å². The van der Waals surface area contributed by atoms with Crippen LogP contribution in [0.25, 0.3) is 0 Å². The van der Waals surface area contributed by atoms with E-state index in [1.807, 2.05) is 13.8 Å². The summed E-state index contributed by atoms with van der Waals surface area (Å²) >= 11 is 12.9. The molecule has 0 saturated heterocycles. The predicted molar refractivity (Wildman–Crippen MR) is 165 cm³/mol. The van der Waals surface area contributed by atoms with Crippen LogP contribution in [0.3, 0.4) is 0 Å². The molecule has 3 aromatic carbocycles. The number of carbonyl (C=O) groups excluding carboxylic acids is 2. The number of hydrogen-bond donors (Lipinski definition) is 1. The quantitative estimate of drug-likeness (QED) is 0.264. The molecule has 2 atom stereocenters. The molecule has 0 fully saturated rings. The third-order valence-electron chi connectivity index (χ3n) is 6.82. The highest BCUT2D eigenvalue weighted by atomic mass is 35.5. The molecule has 0 aliphatic rings. The fourth-order valence-electron chi connectivity index (χ4n) is 4.13. The van der Waals surface area contributed by atoms with Gasteiger partial charge in [0.2, 0.25) is 11.8 Å². The second-order valence-corrected chi connectivity index (χ2v) is 12.3. The molecular weight excluding hydrogens is 601 g/mol. The van der Waals surface area contributed by atoms with E-state index in [9.17, 15) is 18.0 Å². The Morgan fingerprint density at radius 1 is 0.929 bits per heavy atom. The zero-order chi connectivity index (χ0) is 31.0. The Hall–Kier alpha value is -3.47. The molecule has 3 rings (SSSR count). The van der Waals surface area contributed by atoms with Crippen LogP contribution in [0, 0.1) is 0 Å². The number of benzene rings is 3. The SMILES string of the molecule is CC[C@@H](C)NC(=O)[C@H](C)N(Cc1c(Cl)cccc1Cl)C(=O)CN(c1cc(OC)ccc1OC)S(=O)(=O)c1ccccc1. The Morgan fingerprint density at radius 2 is 1.57 bits per heavy atom. The van der Waals surface area contributed by atoms with Gasteiger partial charge in [-0.1, -0.05) is 54.4 Å².